The van der Waals surface area contributed by atoms with E-state index in [9.17, 15) is 14.0 Å². The van der Waals surface area contributed by atoms with Gasteiger partial charge in [-0.25, -0.2) is 9.18 Å². The van der Waals surface area contributed by atoms with Crippen molar-refractivity contribution in [3.63, 3.8) is 0 Å². The average Bonchev–Trinajstić information content (AvgIpc) is 2.78. The van der Waals surface area contributed by atoms with Crippen LogP contribution in [0.15, 0.2) is 22.8 Å². The fraction of sp³-hybridized carbons (Fsp3) is 0.333. The van der Waals surface area contributed by atoms with Gasteiger partial charge in [0.1, 0.15) is 12.3 Å². The molecule has 0 aliphatic heterocycles. The summed E-state index contributed by atoms with van der Waals surface area (Å²) >= 11 is 0. The SMILES string of the molecule is Cc1cc2occ(CC(=O)NC(CF)C(=O)O)c2cc1C. The van der Waals surface area contributed by atoms with E-state index in [1.165, 1.54) is 6.26 Å². The zero-order valence-corrected chi connectivity index (χ0v) is 11.8. The zero-order chi connectivity index (χ0) is 15.6. The van der Waals surface area contributed by atoms with Crippen molar-refractivity contribution in [1.82, 2.24) is 5.32 Å². The Hall–Kier alpha value is -2.37. The Morgan fingerprint density at radius 3 is 2.62 bits per heavy atom. The Balaban J connectivity index is 2.18. The summed E-state index contributed by atoms with van der Waals surface area (Å²) < 4.78 is 17.9. The molecule has 0 aliphatic carbocycles. The van der Waals surface area contributed by atoms with Gasteiger partial charge in [-0.2, -0.15) is 0 Å². The van der Waals surface area contributed by atoms with Crippen LogP contribution in [0.5, 0.6) is 0 Å². The highest BCUT2D eigenvalue weighted by Crippen LogP contribution is 2.25. The molecule has 1 aromatic carbocycles. The quantitative estimate of drug-likeness (QED) is 0.885. The van der Waals surface area contributed by atoms with Crippen LogP contribution in [-0.4, -0.2) is 29.7 Å². The van der Waals surface area contributed by atoms with Gasteiger partial charge in [0.2, 0.25) is 5.91 Å². The number of carboxylic acids is 1. The number of rotatable bonds is 5. The van der Waals surface area contributed by atoms with Crippen LogP contribution in [0.3, 0.4) is 0 Å². The molecule has 0 spiro atoms. The monoisotopic (exact) mass is 293 g/mol. The molecule has 112 valence electrons. The predicted octanol–water partition coefficient (Wildman–Crippen LogP) is 2.13. The smallest absolute Gasteiger partial charge is 0.328 e. The van der Waals surface area contributed by atoms with Crippen molar-refractivity contribution in [2.45, 2.75) is 26.3 Å². The number of hydrogen-bond donors (Lipinski definition) is 2. The number of carboxylic acid groups (broad SMARTS) is 1. The van der Waals surface area contributed by atoms with Crippen molar-refractivity contribution >= 4 is 22.8 Å². The lowest BCUT2D eigenvalue weighted by atomic mass is 10.0. The number of fused-ring (bicyclic) bond motifs is 1. The molecule has 1 amide bonds. The van der Waals surface area contributed by atoms with Gasteiger partial charge in [0, 0.05) is 10.9 Å². The maximum Gasteiger partial charge on any atom is 0.328 e. The highest BCUT2D eigenvalue weighted by molar-refractivity contribution is 5.90. The number of alkyl halides is 1. The second kappa shape index (κ2) is 5.95. The van der Waals surface area contributed by atoms with Crippen LogP contribution in [0.2, 0.25) is 0 Å². The summed E-state index contributed by atoms with van der Waals surface area (Å²) in [4.78, 5) is 22.5. The molecule has 1 aromatic heterocycles. The molecule has 0 saturated heterocycles. The first kappa shape index (κ1) is 15.0. The molecule has 0 saturated carbocycles. The van der Waals surface area contributed by atoms with Gasteiger partial charge in [0.25, 0.3) is 0 Å². The minimum atomic E-state index is -1.51. The fourth-order valence-corrected chi connectivity index (χ4v) is 2.06. The number of benzene rings is 1. The minimum absolute atomic E-state index is 0.0563. The van der Waals surface area contributed by atoms with Gasteiger partial charge in [-0.1, -0.05) is 0 Å². The lowest BCUT2D eigenvalue weighted by Gasteiger charge is -2.10. The maximum atomic E-state index is 12.5. The van der Waals surface area contributed by atoms with Gasteiger partial charge in [-0.15, -0.1) is 0 Å². The van der Waals surface area contributed by atoms with Crippen LogP contribution < -0.4 is 5.32 Å². The number of nitrogens with one attached hydrogen (secondary N) is 1. The van der Waals surface area contributed by atoms with Crippen molar-refractivity contribution < 1.29 is 23.5 Å². The van der Waals surface area contributed by atoms with E-state index >= 15 is 0 Å². The van der Waals surface area contributed by atoms with Crippen molar-refractivity contribution in [3.8, 4) is 0 Å². The topological polar surface area (TPSA) is 79.5 Å². The zero-order valence-electron chi connectivity index (χ0n) is 11.8. The summed E-state index contributed by atoms with van der Waals surface area (Å²) in [5.41, 5.74) is 3.46. The van der Waals surface area contributed by atoms with Crippen LogP contribution in [0.4, 0.5) is 4.39 Å². The average molecular weight is 293 g/mol. The highest BCUT2D eigenvalue weighted by Gasteiger charge is 2.20. The van der Waals surface area contributed by atoms with E-state index in [-0.39, 0.29) is 6.42 Å². The van der Waals surface area contributed by atoms with Crippen LogP contribution in [-0.2, 0) is 16.0 Å². The molecule has 21 heavy (non-hydrogen) atoms. The van der Waals surface area contributed by atoms with Gasteiger partial charge < -0.3 is 14.8 Å². The molecule has 1 unspecified atom stereocenters. The molecule has 0 bridgehead atoms. The molecule has 2 rings (SSSR count). The lowest BCUT2D eigenvalue weighted by molar-refractivity contribution is -0.142. The fourth-order valence-electron chi connectivity index (χ4n) is 2.06. The number of furan rings is 1. The van der Waals surface area contributed by atoms with Gasteiger partial charge in [-0.05, 0) is 37.1 Å². The summed E-state index contributed by atoms with van der Waals surface area (Å²) in [7, 11) is 0. The van der Waals surface area contributed by atoms with E-state index in [4.69, 9.17) is 9.52 Å². The molecule has 0 radical (unpaired) electrons. The van der Waals surface area contributed by atoms with Gasteiger partial charge >= 0.3 is 5.97 Å². The van der Waals surface area contributed by atoms with E-state index in [1.54, 1.807) is 0 Å². The van der Waals surface area contributed by atoms with Crippen molar-refractivity contribution in [2.24, 2.45) is 0 Å². The van der Waals surface area contributed by atoms with Gasteiger partial charge in [-0.3, -0.25) is 4.79 Å². The number of carbonyl (C=O) groups is 2. The third-order valence-corrected chi connectivity index (χ3v) is 3.41. The van der Waals surface area contributed by atoms with Crippen molar-refractivity contribution in [3.05, 3.63) is 35.1 Å². The number of amides is 1. The number of aliphatic carboxylic acids is 1. The number of hydrogen-bond acceptors (Lipinski definition) is 3. The van der Waals surface area contributed by atoms with Crippen molar-refractivity contribution in [2.75, 3.05) is 6.67 Å². The van der Waals surface area contributed by atoms with Crippen LogP contribution in [0.1, 0.15) is 16.7 Å². The molecule has 6 heteroatoms. The van der Waals surface area contributed by atoms with E-state index in [1.807, 2.05) is 26.0 Å². The summed E-state index contributed by atoms with van der Waals surface area (Å²) in [5, 5.41) is 11.7. The molecule has 5 nitrogen and oxygen atoms in total. The maximum absolute atomic E-state index is 12.5. The van der Waals surface area contributed by atoms with Gasteiger partial charge in [0.15, 0.2) is 6.04 Å². The Morgan fingerprint density at radius 2 is 2.00 bits per heavy atom. The Morgan fingerprint density at radius 1 is 1.33 bits per heavy atom. The Kier molecular flexibility index (Phi) is 4.26. The van der Waals surface area contributed by atoms with E-state index in [0.717, 1.165) is 16.5 Å². The minimum Gasteiger partial charge on any atom is -0.480 e. The van der Waals surface area contributed by atoms with Crippen LogP contribution in [0.25, 0.3) is 11.0 Å². The van der Waals surface area contributed by atoms with Crippen LogP contribution in [0, 0.1) is 13.8 Å². The summed E-state index contributed by atoms with van der Waals surface area (Å²) in [6.45, 7) is 2.77. The van der Waals surface area contributed by atoms with E-state index in [2.05, 4.69) is 5.32 Å². The largest absolute Gasteiger partial charge is 0.480 e. The molecule has 1 heterocycles. The number of halogens is 1. The van der Waals surface area contributed by atoms with Crippen molar-refractivity contribution in [1.29, 1.82) is 0 Å². The molecule has 2 N–H and O–H groups in total. The normalized spacial score (nSPS) is 12.3. The Labute approximate surface area is 120 Å². The number of carbonyl (C=O) groups excluding carboxylic acids is 1. The third-order valence-electron chi connectivity index (χ3n) is 3.41. The van der Waals surface area contributed by atoms with E-state index in [0.29, 0.717) is 11.1 Å². The first-order valence-corrected chi connectivity index (χ1v) is 6.48. The standard InChI is InChI=1S/C15H16FNO4/c1-8-3-11-10(7-21-13(11)4-9(8)2)5-14(18)17-12(6-16)15(19)20/h3-4,7,12H,5-6H2,1-2H3,(H,17,18)(H,19,20). The van der Waals surface area contributed by atoms with Gasteiger partial charge in [0.05, 0.1) is 12.7 Å². The summed E-state index contributed by atoms with van der Waals surface area (Å²) in [6.07, 6.45) is 1.41. The summed E-state index contributed by atoms with van der Waals surface area (Å²) in [6, 6.07) is 2.29. The first-order chi connectivity index (χ1) is 9.92. The molecule has 1 atom stereocenters. The molecule has 0 aliphatic rings. The highest BCUT2D eigenvalue weighted by atomic mass is 19.1. The Bertz CT molecular complexity index is 692. The lowest BCUT2D eigenvalue weighted by Crippen LogP contribution is -2.42. The number of aryl methyl sites for hydroxylation is 2. The van der Waals surface area contributed by atoms with Crippen LogP contribution >= 0.6 is 0 Å². The molecular weight excluding hydrogens is 277 g/mol. The first-order valence-electron chi connectivity index (χ1n) is 6.48. The molecule has 0 fully saturated rings. The second-order valence-corrected chi connectivity index (χ2v) is 4.98. The molecule has 2 aromatic rings. The third kappa shape index (κ3) is 3.21. The summed E-state index contributed by atoms with van der Waals surface area (Å²) in [5.74, 6) is -1.95. The predicted molar refractivity (Wildman–Crippen MR) is 74.9 cm³/mol. The molecular formula is C15H16FNO4. The second-order valence-electron chi connectivity index (χ2n) is 4.98. The van der Waals surface area contributed by atoms with E-state index < -0.39 is 24.6 Å².